The molecule has 5 heteroatoms. The predicted octanol–water partition coefficient (Wildman–Crippen LogP) is 4.38. The summed E-state index contributed by atoms with van der Waals surface area (Å²) < 4.78 is 32.7. The standard InChI is InChI=1S/C14H18ClF2NO/c1-13(2)7-11(14(3,4)19-13)18-12-9(15)5-8(16)6-10(12)17/h5-6,11,18H,7H2,1-4H3. The number of rotatable bonds is 2. The first-order chi connectivity index (χ1) is 8.61. The molecule has 1 aliphatic rings. The van der Waals surface area contributed by atoms with Crippen molar-refractivity contribution in [3.8, 4) is 0 Å². The minimum Gasteiger partial charge on any atom is -0.376 e. The summed E-state index contributed by atoms with van der Waals surface area (Å²) in [5.41, 5.74) is -0.611. The molecule has 1 N–H and O–H groups in total. The molecule has 0 aromatic heterocycles. The van der Waals surface area contributed by atoms with Crippen LogP contribution in [0, 0.1) is 11.6 Å². The van der Waals surface area contributed by atoms with Crippen LogP contribution in [-0.4, -0.2) is 17.2 Å². The van der Waals surface area contributed by atoms with Crippen LogP contribution in [-0.2, 0) is 4.74 Å². The maximum atomic E-state index is 13.8. The van der Waals surface area contributed by atoms with E-state index in [0.717, 1.165) is 12.1 Å². The second kappa shape index (κ2) is 4.60. The number of benzene rings is 1. The summed E-state index contributed by atoms with van der Waals surface area (Å²) in [5, 5.41) is 3.09. The van der Waals surface area contributed by atoms with Gasteiger partial charge in [0, 0.05) is 6.07 Å². The fourth-order valence-corrected chi connectivity index (χ4v) is 2.89. The maximum Gasteiger partial charge on any atom is 0.150 e. The zero-order valence-electron chi connectivity index (χ0n) is 11.5. The normalized spacial score (nSPS) is 24.5. The van der Waals surface area contributed by atoms with E-state index < -0.39 is 17.2 Å². The molecule has 106 valence electrons. The fraction of sp³-hybridized carbons (Fsp3) is 0.571. The van der Waals surface area contributed by atoms with Crippen LogP contribution in [0.1, 0.15) is 34.1 Å². The van der Waals surface area contributed by atoms with E-state index in [1.807, 2.05) is 27.7 Å². The van der Waals surface area contributed by atoms with Gasteiger partial charge in [0.1, 0.15) is 5.82 Å². The highest BCUT2D eigenvalue weighted by Gasteiger charge is 2.46. The third-order valence-electron chi connectivity index (χ3n) is 3.40. The Morgan fingerprint density at radius 2 is 1.89 bits per heavy atom. The zero-order valence-corrected chi connectivity index (χ0v) is 12.2. The largest absolute Gasteiger partial charge is 0.376 e. The number of ether oxygens (including phenoxy) is 1. The third-order valence-corrected chi connectivity index (χ3v) is 3.70. The van der Waals surface area contributed by atoms with E-state index in [1.54, 1.807) is 0 Å². The van der Waals surface area contributed by atoms with Crippen LogP contribution < -0.4 is 5.32 Å². The molecule has 0 bridgehead atoms. The predicted molar refractivity (Wildman–Crippen MR) is 72.6 cm³/mol. The Balaban J connectivity index is 2.27. The summed E-state index contributed by atoms with van der Waals surface area (Å²) in [6.07, 6.45) is 0.715. The van der Waals surface area contributed by atoms with Crippen LogP contribution in [0.4, 0.5) is 14.5 Å². The highest BCUT2D eigenvalue weighted by molar-refractivity contribution is 6.33. The molecule has 1 heterocycles. The zero-order chi connectivity index (χ0) is 14.4. The number of halogens is 3. The Kier molecular flexibility index (Phi) is 3.52. The molecule has 1 aromatic carbocycles. The van der Waals surface area contributed by atoms with E-state index in [9.17, 15) is 8.78 Å². The molecule has 0 aliphatic carbocycles. The number of nitrogens with one attached hydrogen (secondary N) is 1. The van der Waals surface area contributed by atoms with Gasteiger partial charge < -0.3 is 10.1 Å². The van der Waals surface area contributed by atoms with Crippen LogP contribution in [0.5, 0.6) is 0 Å². The Morgan fingerprint density at radius 1 is 1.26 bits per heavy atom. The first-order valence-electron chi connectivity index (χ1n) is 6.22. The molecule has 0 radical (unpaired) electrons. The monoisotopic (exact) mass is 289 g/mol. The average Bonchev–Trinajstić information content (AvgIpc) is 2.39. The lowest BCUT2D eigenvalue weighted by Gasteiger charge is -2.28. The van der Waals surface area contributed by atoms with Gasteiger partial charge in [-0.05, 0) is 40.2 Å². The quantitative estimate of drug-likeness (QED) is 0.872. The van der Waals surface area contributed by atoms with Gasteiger partial charge in [-0.1, -0.05) is 11.6 Å². The summed E-state index contributed by atoms with van der Waals surface area (Å²) in [5.74, 6) is -1.37. The van der Waals surface area contributed by atoms with Gasteiger partial charge in [0.2, 0.25) is 0 Å². The minimum absolute atomic E-state index is 0.0398. The van der Waals surface area contributed by atoms with Gasteiger partial charge in [-0.25, -0.2) is 8.78 Å². The van der Waals surface area contributed by atoms with E-state index in [-0.39, 0.29) is 22.4 Å². The van der Waals surface area contributed by atoms with Gasteiger partial charge in [0.05, 0.1) is 28.0 Å². The topological polar surface area (TPSA) is 21.3 Å². The summed E-state index contributed by atoms with van der Waals surface area (Å²) >= 11 is 5.89. The summed E-state index contributed by atoms with van der Waals surface area (Å²) in [4.78, 5) is 0. The first-order valence-corrected chi connectivity index (χ1v) is 6.60. The molecular weight excluding hydrogens is 272 g/mol. The molecule has 19 heavy (non-hydrogen) atoms. The molecule has 1 aliphatic heterocycles. The van der Waals surface area contributed by atoms with Gasteiger partial charge in [0.25, 0.3) is 0 Å². The molecule has 0 amide bonds. The van der Waals surface area contributed by atoms with Crippen LogP contribution in [0.2, 0.25) is 5.02 Å². The summed E-state index contributed by atoms with van der Waals surface area (Å²) in [6.45, 7) is 7.85. The summed E-state index contributed by atoms with van der Waals surface area (Å²) in [6, 6.07) is 1.82. The molecule has 1 saturated heterocycles. The van der Waals surface area contributed by atoms with Crippen molar-refractivity contribution in [1.82, 2.24) is 0 Å². The van der Waals surface area contributed by atoms with Crippen LogP contribution in [0.3, 0.4) is 0 Å². The number of hydrogen-bond acceptors (Lipinski definition) is 2. The molecule has 1 fully saturated rings. The van der Waals surface area contributed by atoms with E-state index >= 15 is 0 Å². The van der Waals surface area contributed by atoms with Gasteiger partial charge in [-0.3, -0.25) is 0 Å². The smallest absolute Gasteiger partial charge is 0.150 e. The van der Waals surface area contributed by atoms with Gasteiger partial charge in [-0.2, -0.15) is 0 Å². The van der Waals surface area contributed by atoms with Crippen molar-refractivity contribution in [3.05, 3.63) is 28.8 Å². The molecule has 2 rings (SSSR count). The first kappa shape index (κ1) is 14.5. The van der Waals surface area contributed by atoms with Crippen LogP contribution in [0.25, 0.3) is 0 Å². The maximum absolute atomic E-state index is 13.8. The second-order valence-corrected chi connectivity index (χ2v) is 6.52. The van der Waals surface area contributed by atoms with Crippen LogP contribution >= 0.6 is 11.6 Å². The molecule has 0 saturated carbocycles. The van der Waals surface area contributed by atoms with Crippen molar-refractivity contribution in [2.24, 2.45) is 0 Å². The Labute approximate surface area is 117 Å². The van der Waals surface area contributed by atoms with Crippen LogP contribution in [0.15, 0.2) is 12.1 Å². The van der Waals surface area contributed by atoms with Crippen molar-refractivity contribution in [3.63, 3.8) is 0 Å². The van der Waals surface area contributed by atoms with E-state index in [0.29, 0.717) is 6.42 Å². The second-order valence-electron chi connectivity index (χ2n) is 6.11. The number of anilines is 1. The molecule has 1 aromatic rings. The highest BCUT2D eigenvalue weighted by Crippen LogP contribution is 2.40. The molecule has 1 atom stereocenters. The lowest BCUT2D eigenvalue weighted by atomic mass is 9.94. The lowest BCUT2D eigenvalue weighted by Crippen LogP contribution is -2.38. The van der Waals surface area contributed by atoms with Gasteiger partial charge >= 0.3 is 0 Å². The molecule has 1 unspecified atom stereocenters. The Hall–Kier alpha value is -0.870. The van der Waals surface area contributed by atoms with Gasteiger partial charge in [0.15, 0.2) is 5.82 Å². The third kappa shape index (κ3) is 3.00. The summed E-state index contributed by atoms with van der Waals surface area (Å²) in [7, 11) is 0. The van der Waals surface area contributed by atoms with E-state index in [4.69, 9.17) is 16.3 Å². The van der Waals surface area contributed by atoms with Crippen molar-refractivity contribution >= 4 is 17.3 Å². The average molecular weight is 290 g/mol. The van der Waals surface area contributed by atoms with Crippen molar-refractivity contribution in [2.75, 3.05) is 5.32 Å². The molecule has 0 spiro atoms. The fourth-order valence-electron chi connectivity index (χ4n) is 2.64. The number of hydrogen-bond donors (Lipinski definition) is 1. The SMILES string of the molecule is CC1(C)CC(Nc2c(F)cc(F)cc2Cl)C(C)(C)O1. The molecule has 2 nitrogen and oxygen atoms in total. The Morgan fingerprint density at radius 3 is 2.37 bits per heavy atom. The molecular formula is C14H18ClF2NO. The van der Waals surface area contributed by atoms with Crippen molar-refractivity contribution in [2.45, 2.75) is 51.4 Å². The minimum atomic E-state index is -0.689. The van der Waals surface area contributed by atoms with E-state index in [1.165, 1.54) is 0 Å². The lowest BCUT2D eigenvalue weighted by molar-refractivity contribution is -0.0662. The highest BCUT2D eigenvalue weighted by atomic mass is 35.5. The Bertz CT molecular complexity index is 479. The van der Waals surface area contributed by atoms with Crippen molar-refractivity contribution in [1.29, 1.82) is 0 Å². The van der Waals surface area contributed by atoms with Gasteiger partial charge in [-0.15, -0.1) is 0 Å². The van der Waals surface area contributed by atoms with Crippen molar-refractivity contribution < 1.29 is 13.5 Å². The van der Waals surface area contributed by atoms with E-state index in [2.05, 4.69) is 5.32 Å².